The molecule has 0 aliphatic carbocycles. The number of amides is 1. The molecule has 2 aliphatic rings. The molecule has 130 valence electrons. The normalized spacial score (nSPS) is 19.2. The highest BCUT2D eigenvalue weighted by Gasteiger charge is 2.40. The van der Waals surface area contributed by atoms with Crippen molar-refractivity contribution in [3.63, 3.8) is 0 Å². The van der Waals surface area contributed by atoms with Crippen molar-refractivity contribution >= 4 is 11.6 Å². The van der Waals surface area contributed by atoms with Gasteiger partial charge in [-0.2, -0.15) is 0 Å². The van der Waals surface area contributed by atoms with Crippen LogP contribution in [0.4, 0.5) is 10.1 Å². The topological polar surface area (TPSA) is 44.4 Å². The lowest BCUT2D eigenvalue weighted by molar-refractivity contribution is 0.0822. The van der Waals surface area contributed by atoms with Crippen LogP contribution in [0.3, 0.4) is 0 Å². The molecule has 0 bridgehead atoms. The molecule has 5 heteroatoms. The third-order valence-corrected chi connectivity index (χ3v) is 5.24. The van der Waals surface area contributed by atoms with E-state index in [0.29, 0.717) is 5.56 Å². The number of anilines is 1. The lowest BCUT2D eigenvalue weighted by Gasteiger charge is -2.46. The molecule has 4 rings (SSSR count). The number of aryl methyl sites for hydroxylation is 1. The molecule has 1 fully saturated rings. The van der Waals surface area contributed by atoms with Crippen LogP contribution in [0.25, 0.3) is 0 Å². The molecule has 2 N–H and O–H groups in total. The van der Waals surface area contributed by atoms with E-state index in [9.17, 15) is 9.18 Å². The number of carbonyl (C=O) groups excluding carboxylic acids is 1. The van der Waals surface area contributed by atoms with Gasteiger partial charge in [-0.1, -0.05) is 24.3 Å². The van der Waals surface area contributed by atoms with Crippen molar-refractivity contribution in [1.82, 2.24) is 10.2 Å². The fourth-order valence-electron chi connectivity index (χ4n) is 3.81. The van der Waals surface area contributed by atoms with Crippen LogP contribution in [0.1, 0.15) is 34.3 Å². The molecule has 0 saturated carbocycles. The van der Waals surface area contributed by atoms with Gasteiger partial charge in [0.2, 0.25) is 0 Å². The number of benzene rings is 2. The predicted molar refractivity (Wildman–Crippen MR) is 95.9 cm³/mol. The smallest absolute Gasteiger partial charge is 0.255 e. The Bertz CT molecular complexity index is 812. The maximum atomic E-state index is 13.4. The molecule has 0 aromatic heterocycles. The average molecular weight is 339 g/mol. The summed E-state index contributed by atoms with van der Waals surface area (Å²) < 4.78 is 13.4. The van der Waals surface area contributed by atoms with E-state index in [-0.39, 0.29) is 17.4 Å². The van der Waals surface area contributed by atoms with Crippen molar-refractivity contribution in [3.8, 4) is 0 Å². The fraction of sp³-hybridized carbons (Fsp3) is 0.350. The quantitative estimate of drug-likeness (QED) is 0.882. The van der Waals surface area contributed by atoms with Gasteiger partial charge in [-0.3, -0.25) is 9.69 Å². The molecule has 2 aliphatic heterocycles. The Morgan fingerprint density at radius 1 is 1.12 bits per heavy atom. The van der Waals surface area contributed by atoms with Gasteiger partial charge >= 0.3 is 0 Å². The zero-order valence-corrected chi connectivity index (χ0v) is 14.3. The summed E-state index contributed by atoms with van der Waals surface area (Å²) >= 11 is 0. The second kappa shape index (κ2) is 6.15. The van der Waals surface area contributed by atoms with E-state index < -0.39 is 0 Å². The number of hydrogen-bond donors (Lipinski definition) is 2. The Morgan fingerprint density at radius 3 is 2.64 bits per heavy atom. The second-order valence-corrected chi connectivity index (χ2v) is 7.06. The Morgan fingerprint density at radius 2 is 1.88 bits per heavy atom. The highest BCUT2D eigenvalue weighted by Crippen LogP contribution is 2.33. The summed E-state index contributed by atoms with van der Waals surface area (Å²) in [6.07, 6.45) is 1.64. The van der Waals surface area contributed by atoms with E-state index in [2.05, 4.69) is 15.5 Å². The summed E-state index contributed by atoms with van der Waals surface area (Å²) in [5.41, 5.74) is 3.36. The van der Waals surface area contributed by atoms with E-state index >= 15 is 0 Å². The van der Waals surface area contributed by atoms with Gasteiger partial charge in [-0.25, -0.2) is 4.39 Å². The molecule has 0 radical (unpaired) electrons. The summed E-state index contributed by atoms with van der Waals surface area (Å²) in [6, 6.07) is 12.6. The number of carbonyl (C=O) groups is 1. The van der Waals surface area contributed by atoms with Crippen LogP contribution < -0.4 is 10.6 Å². The number of fused-ring (bicyclic) bond motifs is 1. The monoisotopic (exact) mass is 339 g/mol. The number of halogens is 1. The van der Waals surface area contributed by atoms with E-state index in [0.717, 1.165) is 49.3 Å². The van der Waals surface area contributed by atoms with Crippen molar-refractivity contribution < 1.29 is 9.18 Å². The SMILES string of the molecule is Cc1cccc2c1NC1(CCN(Cc3cccc(F)c3)CC1)NC2=O. The minimum absolute atomic E-state index is 0.00368. The summed E-state index contributed by atoms with van der Waals surface area (Å²) in [5.74, 6) is -0.199. The van der Waals surface area contributed by atoms with Crippen LogP contribution >= 0.6 is 0 Å². The number of hydrogen-bond acceptors (Lipinski definition) is 3. The molecular formula is C20H22FN3O. The number of piperidine rings is 1. The van der Waals surface area contributed by atoms with Crippen molar-refractivity contribution in [2.75, 3.05) is 18.4 Å². The Labute approximate surface area is 147 Å². The zero-order valence-electron chi connectivity index (χ0n) is 14.3. The first kappa shape index (κ1) is 16.1. The highest BCUT2D eigenvalue weighted by molar-refractivity contribution is 6.02. The highest BCUT2D eigenvalue weighted by atomic mass is 19.1. The zero-order chi connectivity index (χ0) is 17.4. The van der Waals surface area contributed by atoms with Crippen LogP contribution in [-0.2, 0) is 6.54 Å². The molecule has 4 nitrogen and oxygen atoms in total. The van der Waals surface area contributed by atoms with E-state index in [4.69, 9.17) is 0 Å². The molecule has 2 aromatic rings. The summed E-state index contributed by atoms with van der Waals surface area (Å²) in [6.45, 7) is 4.46. The lowest BCUT2D eigenvalue weighted by Crippen LogP contribution is -2.62. The van der Waals surface area contributed by atoms with Crippen LogP contribution in [0.2, 0.25) is 0 Å². The number of likely N-dealkylation sites (tertiary alicyclic amines) is 1. The average Bonchev–Trinajstić information content (AvgIpc) is 2.59. The van der Waals surface area contributed by atoms with Gasteiger partial charge in [0.15, 0.2) is 0 Å². The number of nitrogens with one attached hydrogen (secondary N) is 2. The van der Waals surface area contributed by atoms with Gasteiger partial charge in [0, 0.05) is 32.5 Å². The van der Waals surface area contributed by atoms with Crippen molar-refractivity contribution in [3.05, 3.63) is 65.0 Å². The molecular weight excluding hydrogens is 317 g/mol. The van der Waals surface area contributed by atoms with Crippen LogP contribution in [0.5, 0.6) is 0 Å². The van der Waals surface area contributed by atoms with Gasteiger partial charge < -0.3 is 10.6 Å². The predicted octanol–water partition coefficient (Wildman–Crippen LogP) is 3.28. The van der Waals surface area contributed by atoms with Crippen LogP contribution in [0, 0.1) is 12.7 Å². The number of nitrogens with zero attached hydrogens (tertiary/aromatic N) is 1. The first-order chi connectivity index (χ1) is 12.0. The molecule has 1 amide bonds. The Balaban J connectivity index is 1.46. The number of rotatable bonds is 2. The lowest BCUT2D eigenvalue weighted by atomic mass is 9.91. The molecule has 2 heterocycles. The molecule has 1 saturated heterocycles. The minimum atomic E-state index is -0.380. The maximum Gasteiger partial charge on any atom is 0.255 e. The number of para-hydroxylation sites is 1. The standard InChI is InChI=1S/C20H22FN3O/c1-14-4-2-7-17-18(14)22-20(23-19(17)25)8-10-24(11-9-20)13-15-5-3-6-16(21)12-15/h2-7,12,22H,8-11,13H2,1H3,(H,23,25). The molecule has 2 aromatic carbocycles. The van der Waals surface area contributed by atoms with Gasteiger partial charge in [-0.05, 0) is 36.2 Å². The van der Waals surface area contributed by atoms with Gasteiger partial charge in [-0.15, -0.1) is 0 Å². The van der Waals surface area contributed by atoms with Crippen LogP contribution in [-0.4, -0.2) is 29.6 Å². The first-order valence-electron chi connectivity index (χ1n) is 8.72. The third kappa shape index (κ3) is 3.12. The van der Waals surface area contributed by atoms with Gasteiger partial charge in [0.1, 0.15) is 11.5 Å². The largest absolute Gasteiger partial charge is 0.362 e. The summed E-state index contributed by atoms with van der Waals surface area (Å²) in [5, 5.41) is 6.76. The molecule has 1 spiro atoms. The Hall–Kier alpha value is -2.40. The Kier molecular flexibility index (Phi) is 3.96. The van der Waals surface area contributed by atoms with Crippen LogP contribution in [0.15, 0.2) is 42.5 Å². The van der Waals surface area contributed by atoms with Gasteiger partial charge in [0.05, 0.1) is 11.3 Å². The third-order valence-electron chi connectivity index (χ3n) is 5.24. The summed E-state index contributed by atoms with van der Waals surface area (Å²) in [7, 11) is 0. The molecule has 25 heavy (non-hydrogen) atoms. The fourth-order valence-corrected chi connectivity index (χ4v) is 3.81. The van der Waals surface area contributed by atoms with E-state index in [1.54, 1.807) is 12.1 Å². The molecule has 0 unspecified atom stereocenters. The second-order valence-electron chi connectivity index (χ2n) is 7.06. The van der Waals surface area contributed by atoms with Crippen molar-refractivity contribution in [2.45, 2.75) is 32.0 Å². The van der Waals surface area contributed by atoms with Gasteiger partial charge in [0.25, 0.3) is 5.91 Å². The first-order valence-corrected chi connectivity index (χ1v) is 8.72. The van der Waals surface area contributed by atoms with Crippen molar-refractivity contribution in [1.29, 1.82) is 0 Å². The van der Waals surface area contributed by atoms with E-state index in [1.807, 2.05) is 31.2 Å². The minimum Gasteiger partial charge on any atom is -0.362 e. The van der Waals surface area contributed by atoms with Crippen molar-refractivity contribution in [2.24, 2.45) is 0 Å². The summed E-state index contributed by atoms with van der Waals surface area (Å²) in [4.78, 5) is 14.8. The maximum absolute atomic E-state index is 13.4. The molecule has 0 atom stereocenters. The van der Waals surface area contributed by atoms with E-state index in [1.165, 1.54) is 6.07 Å².